The minimum Gasteiger partial charge on any atom is -0.316 e. The zero-order chi connectivity index (χ0) is 14.1. The molecule has 120 valence electrons. The third kappa shape index (κ3) is 5.06. The monoisotopic (exact) mass is 315 g/mol. The second-order valence-electron chi connectivity index (χ2n) is 6.41. The molecule has 0 aromatic carbocycles. The molecule has 0 bridgehead atoms. The van der Waals surface area contributed by atoms with E-state index in [1.54, 1.807) is 4.90 Å². The van der Waals surface area contributed by atoms with Crippen molar-refractivity contribution >= 4 is 12.4 Å². The fourth-order valence-corrected chi connectivity index (χ4v) is 3.22. The van der Waals surface area contributed by atoms with Gasteiger partial charge in [-0.25, -0.2) is 0 Å². The lowest BCUT2D eigenvalue weighted by Gasteiger charge is -2.42. The minimum absolute atomic E-state index is 0. The number of halogens is 4. The molecule has 1 N–H and O–H groups in total. The molecule has 2 atom stereocenters. The fourth-order valence-electron chi connectivity index (χ4n) is 3.22. The standard InChI is InChI=1S/C13H24F3N3.ClH/c1-11-7-18(9-12(2)3-4-17-8-12)5-6-19(11)10-13(14,15)16;/h11,17H,3-10H2,1-2H3;1H. The molecule has 7 heteroatoms. The molecule has 2 heterocycles. The van der Waals surface area contributed by atoms with Crippen LogP contribution in [0.1, 0.15) is 20.3 Å². The van der Waals surface area contributed by atoms with Crippen LogP contribution in [0.2, 0.25) is 0 Å². The zero-order valence-electron chi connectivity index (χ0n) is 12.2. The predicted octanol–water partition coefficient (Wildman–Crippen LogP) is 1.98. The first-order valence-electron chi connectivity index (χ1n) is 7.01. The molecule has 2 saturated heterocycles. The smallest absolute Gasteiger partial charge is 0.316 e. The first-order valence-corrected chi connectivity index (χ1v) is 7.01. The van der Waals surface area contributed by atoms with Gasteiger partial charge in [0.25, 0.3) is 0 Å². The molecule has 20 heavy (non-hydrogen) atoms. The van der Waals surface area contributed by atoms with Crippen LogP contribution in [0, 0.1) is 5.41 Å². The van der Waals surface area contributed by atoms with Crippen LogP contribution >= 0.6 is 12.4 Å². The van der Waals surface area contributed by atoms with E-state index in [4.69, 9.17) is 0 Å². The summed E-state index contributed by atoms with van der Waals surface area (Å²) in [5, 5.41) is 3.37. The topological polar surface area (TPSA) is 18.5 Å². The van der Waals surface area contributed by atoms with E-state index in [0.717, 1.165) is 39.1 Å². The number of hydrogen-bond acceptors (Lipinski definition) is 3. The molecule has 0 spiro atoms. The van der Waals surface area contributed by atoms with Gasteiger partial charge in [0.05, 0.1) is 6.54 Å². The molecule has 2 aliphatic heterocycles. The van der Waals surface area contributed by atoms with Crippen molar-refractivity contribution in [2.24, 2.45) is 5.41 Å². The van der Waals surface area contributed by atoms with E-state index in [9.17, 15) is 13.2 Å². The molecule has 0 aromatic rings. The SMILES string of the molecule is CC1CN(CC2(C)CCNC2)CCN1CC(F)(F)F.Cl. The second-order valence-corrected chi connectivity index (χ2v) is 6.41. The molecular weight excluding hydrogens is 291 g/mol. The van der Waals surface area contributed by atoms with Crippen LogP contribution in [0.4, 0.5) is 13.2 Å². The third-order valence-electron chi connectivity index (χ3n) is 4.29. The van der Waals surface area contributed by atoms with Gasteiger partial charge in [-0.3, -0.25) is 9.80 Å². The Morgan fingerprint density at radius 1 is 1.30 bits per heavy atom. The van der Waals surface area contributed by atoms with Crippen LogP contribution in [0.5, 0.6) is 0 Å². The van der Waals surface area contributed by atoms with Gasteiger partial charge in [-0.1, -0.05) is 6.92 Å². The summed E-state index contributed by atoms with van der Waals surface area (Å²) in [4.78, 5) is 3.87. The highest BCUT2D eigenvalue weighted by Crippen LogP contribution is 2.27. The van der Waals surface area contributed by atoms with Gasteiger partial charge in [-0.2, -0.15) is 13.2 Å². The van der Waals surface area contributed by atoms with E-state index in [2.05, 4.69) is 17.1 Å². The first kappa shape index (κ1) is 18.0. The highest BCUT2D eigenvalue weighted by molar-refractivity contribution is 5.85. The predicted molar refractivity (Wildman–Crippen MR) is 76.4 cm³/mol. The Hall–Kier alpha value is -0.0400. The van der Waals surface area contributed by atoms with Crippen LogP contribution in [0.15, 0.2) is 0 Å². The van der Waals surface area contributed by atoms with Gasteiger partial charge in [-0.15, -0.1) is 12.4 Å². The quantitative estimate of drug-likeness (QED) is 0.859. The van der Waals surface area contributed by atoms with Crippen LogP contribution in [0.3, 0.4) is 0 Å². The number of nitrogens with one attached hydrogen (secondary N) is 1. The number of hydrogen-bond donors (Lipinski definition) is 1. The van der Waals surface area contributed by atoms with E-state index in [0.29, 0.717) is 6.54 Å². The van der Waals surface area contributed by atoms with Gasteiger partial charge < -0.3 is 5.32 Å². The number of piperazine rings is 1. The van der Waals surface area contributed by atoms with Crippen molar-refractivity contribution in [2.75, 3.05) is 45.8 Å². The average molecular weight is 316 g/mol. The summed E-state index contributed by atoms with van der Waals surface area (Å²) in [6, 6.07) is -0.0201. The molecule has 0 amide bonds. The van der Waals surface area contributed by atoms with Crippen LogP contribution in [-0.4, -0.2) is 67.8 Å². The van der Waals surface area contributed by atoms with Gasteiger partial charge in [0.1, 0.15) is 0 Å². The van der Waals surface area contributed by atoms with E-state index >= 15 is 0 Å². The fraction of sp³-hybridized carbons (Fsp3) is 1.00. The largest absolute Gasteiger partial charge is 0.401 e. The molecule has 0 saturated carbocycles. The number of nitrogens with zero attached hydrogens (tertiary/aromatic N) is 2. The molecular formula is C13H25ClF3N3. The van der Waals surface area contributed by atoms with Gasteiger partial charge in [0, 0.05) is 38.8 Å². The zero-order valence-corrected chi connectivity index (χ0v) is 13.0. The summed E-state index contributed by atoms with van der Waals surface area (Å²) in [6.07, 6.45) is -2.93. The van der Waals surface area contributed by atoms with Crippen LogP contribution in [0.25, 0.3) is 0 Å². The molecule has 0 aliphatic carbocycles. The van der Waals surface area contributed by atoms with Gasteiger partial charge in [0.2, 0.25) is 0 Å². The Morgan fingerprint density at radius 3 is 2.50 bits per heavy atom. The Balaban J connectivity index is 0.00000200. The normalized spacial score (nSPS) is 33.1. The van der Waals surface area contributed by atoms with Crippen LogP contribution < -0.4 is 5.32 Å². The Bertz CT molecular complexity index is 306. The van der Waals surface area contributed by atoms with Crippen molar-refractivity contribution in [1.29, 1.82) is 0 Å². The maximum Gasteiger partial charge on any atom is 0.401 e. The minimum atomic E-state index is -4.09. The van der Waals surface area contributed by atoms with Gasteiger partial charge >= 0.3 is 6.18 Å². The summed E-state index contributed by atoms with van der Waals surface area (Å²) in [5.74, 6) is 0. The number of rotatable bonds is 3. The van der Waals surface area contributed by atoms with Gasteiger partial charge in [0.15, 0.2) is 0 Å². The Morgan fingerprint density at radius 2 is 2.00 bits per heavy atom. The van der Waals surface area contributed by atoms with Crippen molar-refractivity contribution in [3.8, 4) is 0 Å². The highest BCUT2D eigenvalue weighted by Gasteiger charge is 2.37. The molecule has 2 unspecified atom stereocenters. The van der Waals surface area contributed by atoms with Crippen LogP contribution in [-0.2, 0) is 0 Å². The summed E-state index contributed by atoms with van der Waals surface area (Å²) in [5.41, 5.74) is 0.284. The Kier molecular flexibility index (Phi) is 6.14. The van der Waals surface area contributed by atoms with E-state index in [-0.39, 0.29) is 23.9 Å². The maximum absolute atomic E-state index is 12.4. The lowest BCUT2D eigenvalue weighted by atomic mass is 9.89. The van der Waals surface area contributed by atoms with E-state index in [1.807, 2.05) is 6.92 Å². The third-order valence-corrected chi connectivity index (χ3v) is 4.29. The molecule has 2 fully saturated rings. The van der Waals surface area contributed by atoms with Crippen molar-refractivity contribution in [3.05, 3.63) is 0 Å². The van der Waals surface area contributed by atoms with Crippen molar-refractivity contribution < 1.29 is 13.2 Å². The molecule has 2 rings (SSSR count). The molecule has 0 aromatic heterocycles. The average Bonchev–Trinajstić information content (AvgIpc) is 2.67. The highest BCUT2D eigenvalue weighted by atomic mass is 35.5. The van der Waals surface area contributed by atoms with Gasteiger partial charge in [-0.05, 0) is 25.3 Å². The summed E-state index contributed by atoms with van der Waals surface area (Å²) < 4.78 is 37.3. The summed E-state index contributed by atoms with van der Waals surface area (Å²) in [7, 11) is 0. The lowest BCUT2D eigenvalue weighted by Crippen LogP contribution is -2.55. The molecule has 3 nitrogen and oxygen atoms in total. The number of alkyl halides is 3. The van der Waals surface area contributed by atoms with E-state index < -0.39 is 12.7 Å². The first-order chi connectivity index (χ1) is 8.77. The lowest BCUT2D eigenvalue weighted by molar-refractivity contribution is -0.155. The summed E-state index contributed by atoms with van der Waals surface area (Å²) in [6.45, 7) is 8.45. The van der Waals surface area contributed by atoms with E-state index in [1.165, 1.54) is 0 Å². The molecule has 2 aliphatic rings. The maximum atomic E-state index is 12.4. The van der Waals surface area contributed by atoms with Crippen molar-refractivity contribution in [3.63, 3.8) is 0 Å². The second kappa shape index (κ2) is 6.81. The van der Waals surface area contributed by atoms with Crippen molar-refractivity contribution in [1.82, 2.24) is 15.1 Å². The van der Waals surface area contributed by atoms with Crippen molar-refractivity contribution in [2.45, 2.75) is 32.5 Å². The summed E-state index contributed by atoms with van der Waals surface area (Å²) >= 11 is 0. The molecule has 0 radical (unpaired) electrons. The Labute approximate surface area is 125 Å².